The average molecular weight is 584 g/mol. The highest BCUT2D eigenvalue weighted by Gasteiger charge is 2.38. The summed E-state index contributed by atoms with van der Waals surface area (Å²) in [6, 6.07) is 11.2. The maximum absolute atomic E-state index is 15.2. The zero-order chi connectivity index (χ0) is 29.8. The van der Waals surface area contributed by atoms with Crippen molar-refractivity contribution in [3.05, 3.63) is 82.4 Å². The van der Waals surface area contributed by atoms with E-state index in [1.807, 2.05) is 18.2 Å². The predicted molar refractivity (Wildman–Crippen MR) is 143 cm³/mol. The van der Waals surface area contributed by atoms with Gasteiger partial charge in [-0.1, -0.05) is 29.4 Å². The van der Waals surface area contributed by atoms with Crippen molar-refractivity contribution in [3.8, 4) is 34.0 Å². The van der Waals surface area contributed by atoms with Gasteiger partial charge in [-0.25, -0.2) is 8.78 Å². The van der Waals surface area contributed by atoms with Gasteiger partial charge in [0, 0.05) is 11.6 Å². The van der Waals surface area contributed by atoms with Crippen molar-refractivity contribution in [1.82, 2.24) is 15.5 Å². The summed E-state index contributed by atoms with van der Waals surface area (Å²) in [6.07, 6.45) is -1.82. The van der Waals surface area contributed by atoms with Crippen LogP contribution in [0.3, 0.4) is 0 Å². The monoisotopic (exact) mass is 583 g/mol. The lowest BCUT2D eigenvalue weighted by Gasteiger charge is -2.33. The molecule has 2 aliphatic carbocycles. The van der Waals surface area contributed by atoms with Gasteiger partial charge >= 0.3 is 12.1 Å². The van der Waals surface area contributed by atoms with E-state index in [1.54, 1.807) is 0 Å². The molecule has 0 radical (unpaired) electrons. The highest BCUT2D eigenvalue weighted by atomic mass is 19.4. The molecule has 0 saturated heterocycles. The van der Waals surface area contributed by atoms with Crippen LogP contribution < -0.4 is 5.32 Å². The molecule has 6 rings (SSSR count). The molecule has 0 spiro atoms. The number of nitrogens with zero attached hydrogens (tertiary/aromatic N) is 2. The van der Waals surface area contributed by atoms with Crippen LogP contribution in [0.4, 0.5) is 22.0 Å². The second-order valence-electron chi connectivity index (χ2n) is 11.0. The first-order chi connectivity index (χ1) is 20.0. The lowest BCUT2D eigenvalue weighted by atomic mass is 9.75. The third kappa shape index (κ3) is 5.17. The van der Waals surface area contributed by atoms with Gasteiger partial charge in [0.25, 0.3) is 5.89 Å². The summed E-state index contributed by atoms with van der Waals surface area (Å²) in [5, 5.41) is 16.6. The highest BCUT2D eigenvalue weighted by molar-refractivity contribution is 5.75. The lowest BCUT2D eigenvalue weighted by molar-refractivity contribution is -0.146. The molecule has 1 fully saturated rings. The first-order valence-corrected chi connectivity index (χ1v) is 13.6. The van der Waals surface area contributed by atoms with E-state index in [4.69, 9.17) is 9.63 Å². The molecule has 0 bridgehead atoms. The summed E-state index contributed by atoms with van der Waals surface area (Å²) in [5.41, 5.74) is 1.15. The molecular formula is C31H26F5N3O3. The number of hydrogen-bond acceptors (Lipinski definition) is 5. The summed E-state index contributed by atoms with van der Waals surface area (Å²) in [5.74, 6) is -2.81. The van der Waals surface area contributed by atoms with Crippen LogP contribution in [0.15, 0.2) is 53.1 Å². The van der Waals surface area contributed by atoms with Crippen molar-refractivity contribution in [2.24, 2.45) is 11.8 Å². The normalized spacial score (nSPS) is 19.9. The number of benzene rings is 3. The summed E-state index contributed by atoms with van der Waals surface area (Å²) >= 11 is 0. The number of aliphatic carboxylic acids is 1. The van der Waals surface area contributed by atoms with Gasteiger partial charge in [-0.3, -0.25) is 4.79 Å². The van der Waals surface area contributed by atoms with Crippen molar-refractivity contribution >= 4 is 5.97 Å². The third-order valence-corrected chi connectivity index (χ3v) is 8.27. The summed E-state index contributed by atoms with van der Waals surface area (Å²) in [6.45, 7) is 2.27. The van der Waals surface area contributed by atoms with E-state index in [0.717, 1.165) is 54.8 Å². The smallest absolute Gasteiger partial charge is 0.419 e. The van der Waals surface area contributed by atoms with Crippen LogP contribution in [-0.4, -0.2) is 27.8 Å². The number of hydrogen-bond donors (Lipinski definition) is 2. The highest BCUT2D eigenvalue weighted by Crippen LogP contribution is 2.41. The SMILES string of the molecule is Cc1cc(-c2nc(-c3ccc4c(c3)CCC4NCC3CC(C(=O)O)C3)no2)c(F)cc1-c1cccc(F)c1C(F)(F)F. The maximum Gasteiger partial charge on any atom is 0.419 e. The van der Waals surface area contributed by atoms with Gasteiger partial charge in [-0.2, -0.15) is 18.2 Å². The molecule has 6 nitrogen and oxygen atoms in total. The third-order valence-electron chi connectivity index (χ3n) is 8.27. The molecule has 3 aromatic carbocycles. The molecule has 218 valence electrons. The van der Waals surface area contributed by atoms with Crippen molar-refractivity contribution in [2.75, 3.05) is 6.54 Å². The van der Waals surface area contributed by atoms with Crippen LogP contribution in [0.5, 0.6) is 0 Å². The van der Waals surface area contributed by atoms with Crippen molar-refractivity contribution in [2.45, 2.75) is 44.8 Å². The molecule has 42 heavy (non-hydrogen) atoms. The minimum Gasteiger partial charge on any atom is -0.481 e. The van der Waals surface area contributed by atoms with Crippen LogP contribution in [0, 0.1) is 30.4 Å². The molecule has 4 aromatic rings. The average Bonchev–Trinajstić information content (AvgIpc) is 3.55. The van der Waals surface area contributed by atoms with E-state index < -0.39 is 34.9 Å². The van der Waals surface area contributed by atoms with Crippen LogP contribution in [0.25, 0.3) is 34.0 Å². The van der Waals surface area contributed by atoms with Gasteiger partial charge < -0.3 is 14.9 Å². The number of rotatable bonds is 7. The van der Waals surface area contributed by atoms with E-state index in [9.17, 15) is 22.4 Å². The number of aryl methyl sites for hydroxylation is 2. The van der Waals surface area contributed by atoms with Gasteiger partial charge in [0.05, 0.1) is 17.0 Å². The second-order valence-corrected chi connectivity index (χ2v) is 11.0. The number of fused-ring (bicyclic) bond motifs is 1. The Morgan fingerprint density at radius 2 is 1.83 bits per heavy atom. The molecule has 1 heterocycles. The van der Waals surface area contributed by atoms with Gasteiger partial charge in [-0.05, 0) is 97.2 Å². The molecule has 1 unspecified atom stereocenters. The number of aromatic nitrogens is 2. The summed E-state index contributed by atoms with van der Waals surface area (Å²) < 4.78 is 75.4. The summed E-state index contributed by atoms with van der Waals surface area (Å²) in [7, 11) is 0. The lowest BCUT2D eigenvalue weighted by Crippen LogP contribution is -2.37. The van der Waals surface area contributed by atoms with E-state index in [1.165, 1.54) is 13.0 Å². The Bertz CT molecular complexity index is 1680. The molecule has 2 aliphatic rings. The Morgan fingerprint density at radius 1 is 1.05 bits per heavy atom. The van der Waals surface area contributed by atoms with E-state index in [-0.39, 0.29) is 40.4 Å². The number of carboxylic acid groups (broad SMARTS) is 1. The van der Waals surface area contributed by atoms with Crippen molar-refractivity contribution in [1.29, 1.82) is 0 Å². The number of carboxylic acids is 1. The molecule has 1 aromatic heterocycles. The molecule has 0 aliphatic heterocycles. The zero-order valence-electron chi connectivity index (χ0n) is 22.4. The van der Waals surface area contributed by atoms with Gasteiger partial charge in [0.1, 0.15) is 11.6 Å². The van der Waals surface area contributed by atoms with Crippen LogP contribution in [-0.2, 0) is 17.4 Å². The van der Waals surface area contributed by atoms with Gasteiger partial charge in [0.15, 0.2) is 0 Å². The Kier molecular flexibility index (Phi) is 7.08. The topological polar surface area (TPSA) is 88.2 Å². The van der Waals surface area contributed by atoms with E-state index >= 15 is 4.39 Å². The Labute approximate surface area is 237 Å². The quantitative estimate of drug-likeness (QED) is 0.221. The number of alkyl halides is 3. The Hall–Kier alpha value is -4.12. The van der Waals surface area contributed by atoms with Crippen LogP contribution in [0.1, 0.15) is 47.6 Å². The van der Waals surface area contributed by atoms with Crippen molar-refractivity contribution < 1.29 is 36.4 Å². The molecule has 2 N–H and O–H groups in total. The molecular weight excluding hydrogens is 557 g/mol. The summed E-state index contributed by atoms with van der Waals surface area (Å²) in [4.78, 5) is 15.4. The minimum absolute atomic E-state index is 0.0773. The Morgan fingerprint density at radius 3 is 2.57 bits per heavy atom. The Balaban J connectivity index is 1.21. The number of carbonyl (C=O) groups is 1. The van der Waals surface area contributed by atoms with E-state index in [2.05, 4.69) is 15.5 Å². The molecule has 0 amide bonds. The molecule has 1 saturated carbocycles. The van der Waals surface area contributed by atoms with Gasteiger partial charge in [-0.15, -0.1) is 0 Å². The number of nitrogens with one attached hydrogen (secondary N) is 1. The fourth-order valence-electron chi connectivity index (χ4n) is 6.00. The predicted octanol–water partition coefficient (Wildman–Crippen LogP) is 7.36. The largest absolute Gasteiger partial charge is 0.481 e. The number of halogens is 5. The fourth-order valence-corrected chi connectivity index (χ4v) is 6.00. The molecule has 1 atom stereocenters. The first-order valence-electron chi connectivity index (χ1n) is 13.6. The fraction of sp³-hybridized carbons (Fsp3) is 0.323. The van der Waals surface area contributed by atoms with E-state index in [0.29, 0.717) is 24.3 Å². The first kappa shape index (κ1) is 28.0. The second kappa shape index (κ2) is 10.6. The molecule has 11 heteroatoms. The standard InChI is InChI=1S/C31H26F5N3O3/c1-15-9-23(25(33)13-22(15)21-3-2-4-24(32)27(21)31(34,35)36)29-38-28(39-42-29)18-5-7-20-17(12-18)6-8-26(20)37-14-16-10-19(11-16)30(40)41/h2-5,7,9,12-13,16,19,26,37H,6,8,10-11,14H2,1H3,(H,40,41). The maximum atomic E-state index is 15.2. The van der Waals surface area contributed by atoms with Crippen LogP contribution in [0.2, 0.25) is 0 Å². The zero-order valence-corrected chi connectivity index (χ0v) is 22.4. The van der Waals surface area contributed by atoms with Crippen molar-refractivity contribution in [3.63, 3.8) is 0 Å². The van der Waals surface area contributed by atoms with Gasteiger partial charge in [0.2, 0.25) is 5.82 Å². The van der Waals surface area contributed by atoms with Crippen LogP contribution >= 0.6 is 0 Å². The minimum atomic E-state index is -4.96.